The molecule has 1 aliphatic heterocycles. The van der Waals surface area contributed by atoms with Crippen LogP contribution in [0.3, 0.4) is 0 Å². The van der Waals surface area contributed by atoms with E-state index in [2.05, 4.69) is 39.9 Å². The molecule has 0 atom stereocenters. The van der Waals surface area contributed by atoms with Gasteiger partial charge >= 0.3 is 0 Å². The summed E-state index contributed by atoms with van der Waals surface area (Å²) in [5.41, 5.74) is 1.40. The van der Waals surface area contributed by atoms with Crippen LogP contribution < -0.4 is 5.32 Å². The minimum Gasteiger partial charge on any atom is -0.343 e. The molecule has 2 fully saturated rings. The number of rotatable bonds is 7. The van der Waals surface area contributed by atoms with Crippen molar-refractivity contribution in [1.29, 1.82) is 0 Å². The second-order valence-electron chi connectivity index (χ2n) is 7.62. The van der Waals surface area contributed by atoms with Crippen LogP contribution in [-0.4, -0.2) is 36.5 Å². The molecule has 1 aliphatic carbocycles. The molecule has 1 saturated carbocycles. The number of aryl methyl sites for hydroxylation is 1. The largest absolute Gasteiger partial charge is 0.343 e. The standard InChI is InChI=1S/C21H28N2OS.ClH/c24-21(23-12-10-18(11-13-23)22-14-16-8-9-16)7-3-4-17-15-25-20-6-2-1-5-19(17)20;/h1-2,5-6,15-16,18,22H,3-4,7-14H2;1H. The van der Waals surface area contributed by atoms with Crippen molar-refractivity contribution in [3.05, 3.63) is 35.2 Å². The molecule has 1 N–H and O–H groups in total. The van der Waals surface area contributed by atoms with E-state index in [9.17, 15) is 4.79 Å². The van der Waals surface area contributed by atoms with Gasteiger partial charge in [-0.3, -0.25) is 4.79 Å². The third-order valence-electron chi connectivity index (χ3n) is 5.64. The fraction of sp³-hybridized carbons (Fsp3) is 0.571. The first-order valence-corrected chi connectivity index (χ1v) is 10.6. The van der Waals surface area contributed by atoms with Crippen LogP contribution in [0.2, 0.25) is 0 Å². The first-order chi connectivity index (χ1) is 12.3. The molecule has 0 unspecified atom stereocenters. The topological polar surface area (TPSA) is 32.3 Å². The van der Waals surface area contributed by atoms with E-state index >= 15 is 0 Å². The second kappa shape index (κ2) is 9.20. The van der Waals surface area contributed by atoms with E-state index in [-0.39, 0.29) is 12.4 Å². The van der Waals surface area contributed by atoms with Crippen LogP contribution in [0.4, 0.5) is 0 Å². The van der Waals surface area contributed by atoms with Gasteiger partial charge in [0.2, 0.25) is 5.91 Å². The molecule has 4 rings (SSSR count). The summed E-state index contributed by atoms with van der Waals surface area (Å²) < 4.78 is 1.35. The van der Waals surface area contributed by atoms with Crippen molar-refractivity contribution in [2.24, 2.45) is 5.92 Å². The van der Waals surface area contributed by atoms with Crippen molar-refractivity contribution in [3.8, 4) is 0 Å². The molecule has 0 spiro atoms. The lowest BCUT2D eigenvalue weighted by atomic mass is 10.0. The number of thiophene rings is 1. The second-order valence-corrected chi connectivity index (χ2v) is 8.53. The van der Waals surface area contributed by atoms with E-state index in [4.69, 9.17) is 0 Å². The molecule has 0 bridgehead atoms. The van der Waals surface area contributed by atoms with Crippen LogP contribution in [0.5, 0.6) is 0 Å². The summed E-state index contributed by atoms with van der Waals surface area (Å²) in [6.45, 7) is 3.05. The van der Waals surface area contributed by atoms with Crippen LogP contribution in [0, 0.1) is 5.92 Å². The summed E-state index contributed by atoms with van der Waals surface area (Å²) in [6, 6.07) is 9.19. The predicted molar refractivity (Wildman–Crippen MR) is 112 cm³/mol. The van der Waals surface area contributed by atoms with Crippen molar-refractivity contribution in [1.82, 2.24) is 10.2 Å². The summed E-state index contributed by atoms with van der Waals surface area (Å²) in [4.78, 5) is 14.6. The summed E-state index contributed by atoms with van der Waals surface area (Å²) in [5, 5.41) is 7.30. The highest BCUT2D eigenvalue weighted by atomic mass is 35.5. The molecular formula is C21H29ClN2OS. The van der Waals surface area contributed by atoms with E-state index in [1.165, 1.54) is 35.0 Å². The van der Waals surface area contributed by atoms with Crippen molar-refractivity contribution in [2.75, 3.05) is 19.6 Å². The molecule has 1 saturated heterocycles. The SMILES string of the molecule is Cl.O=C(CCCc1csc2ccccc12)N1CCC(NCC2CC2)CC1. The predicted octanol–water partition coefficient (Wildman–Crippen LogP) is 4.64. The van der Waals surface area contributed by atoms with Gasteiger partial charge < -0.3 is 10.2 Å². The summed E-state index contributed by atoms with van der Waals surface area (Å²) >= 11 is 1.81. The zero-order chi connectivity index (χ0) is 17.1. The van der Waals surface area contributed by atoms with Gasteiger partial charge in [0.05, 0.1) is 0 Å². The summed E-state index contributed by atoms with van der Waals surface area (Å²) in [6.07, 6.45) is 7.70. The Hall–Kier alpha value is -1.10. The highest BCUT2D eigenvalue weighted by molar-refractivity contribution is 7.17. The van der Waals surface area contributed by atoms with E-state index < -0.39 is 0 Å². The molecular weight excluding hydrogens is 364 g/mol. The van der Waals surface area contributed by atoms with E-state index in [1.54, 1.807) is 0 Å². The molecule has 0 radical (unpaired) electrons. The first kappa shape index (κ1) is 19.7. The average molecular weight is 393 g/mol. The Morgan fingerprint density at radius 1 is 1.15 bits per heavy atom. The van der Waals surface area contributed by atoms with Gasteiger partial charge in [0.1, 0.15) is 0 Å². The van der Waals surface area contributed by atoms with Crippen LogP contribution >= 0.6 is 23.7 Å². The average Bonchev–Trinajstić information content (AvgIpc) is 3.40. The Labute approximate surface area is 166 Å². The van der Waals surface area contributed by atoms with E-state index in [0.717, 1.165) is 44.7 Å². The van der Waals surface area contributed by atoms with Gasteiger partial charge in [0, 0.05) is 30.3 Å². The lowest BCUT2D eigenvalue weighted by molar-refractivity contribution is -0.132. The van der Waals surface area contributed by atoms with Gasteiger partial charge in [-0.25, -0.2) is 0 Å². The maximum absolute atomic E-state index is 12.5. The van der Waals surface area contributed by atoms with Gasteiger partial charge in [-0.15, -0.1) is 23.7 Å². The minimum atomic E-state index is 0. The van der Waals surface area contributed by atoms with E-state index in [0.29, 0.717) is 18.4 Å². The Morgan fingerprint density at radius 3 is 2.69 bits per heavy atom. The molecule has 1 amide bonds. The lowest BCUT2D eigenvalue weighted by Gasteiger charge is -2.32. The highest BCUT2D eigenvalue weighted by Gasteiger charge is 2.25. The van der Waals surface area contributed by atoms with Gasteiger partial charge in [0.15, 0.2) is 0 Å². The van der Waals surface area contributed by atoms with Crippen LogP contribution in [0.1, 0.15) is 44.1 Å². The molecule has 1 aromatic heterocycles. The summed E-state index contributed by atoms with van der Waals surface area (Å²) in [7, 11) is 0. The molecule has 2 aromatic rings. The molecule has 5 heteroatoms. The number of piperidine rings is 1. The Morgan fingerprint density at radius 2 is 1.92 bits per heavy atom. The number of hydrogen-bond donors (Lipinski definition) is 1. The number of nitrogens with one attached hydrogen (secondary N) is 1. The first-order valence-electron chi connectivity index (χ1n) is 9.76. The Bertz CT molecular complexity index is 720. The van der Waals surface area contributed by atoms with Crippen molar-refractivity contribution in [2.45, 2.75) is 51.0 Å². The third kappa shape index (κ3) is 4.99. The maximum Gasteiger partial charge on any atom is 0.222 e. The number of hydrogen-bond acceptors (Lipinski definition) is 3. The fourth-order valence-corrected chi connectivity index (χ4v) is 4.80. The van der Waals surface area contributed by atoms with Crippen molar-refractivity contribution in [3.63, 3.8) is 0 Å². The molecule has 2 heterocycles. The van der Waals surface area contributed by atoms with Gasteiger partial charge in [-0.2, -0.15) is 0 Å². The molecule has 26 heavy (non-hydrogen) atoms. The normalized spacial score (nSPS) is 18.1. The molecule has 3 nitrogen and oxygen atoms in total. The van der Waals surface area contributed by atoms with Crippen LogP contribution in [0.25, 0.3) is 10.1 Å². The number of nitrogens with zero attached hydrogens (tertiary/aromatic N) is 1. The third-order valence-corrected chi connectivity index (χ3v) is 6.65. The number of carbonyl (C=O) groups excluding carboxylic acids is 1. The van der Waals surface area contributed by atoms with E-state index in [1.807, 2.05) is 11.3 Å². The Kier molecular flexibility index (Phi) is 6.96. The zero-order valence-corrected chi connectivity index (χ0v) is 16.9. The summed E-state index contributed by atoms with van der Waals surface area (Å²) in [5.74, 6) is 1.29. The van der Waals surface area contributed by atoms with Gasteiger partial charge in [-0.05, 0) is 73.4 Å². The number of amides is 1. The smallest absolute Gasteiger partial charge is 0.222 e. The monoisotopic (exact) mass is 392 g/mol. The Balaban J connectivity index is 0.00000196. The van der Waals surface area contributed by atoms with Crippen LogP contribution in [0.15, 0.2) is 29.6 Å². The van der Waals surface area contributed by atoms with Gasteiger partial charge in [0.25, 0.3) is 0 Å². The molecule has 142 valence electrons. The zero-order valence-electron chi connectivity index (χ0n) is 15.3. The maximum atomic E-state index is 12.5. The molecule has 1 aromatic carbocycles. The fourth-order valence-electron chi connectivity index (χ4n) is 3.80. The lowest BCUT2D eigenvalue weighted by Crippen LogP contribution is -2.45. The van der Waals surface area contributed by atoms with Crippen LogP contribution in [-0.2, 0) is 11.2 Å². The highest BCUT2D eigenvalue weighted by Crippen LogP contribution is 2.28. The minimum absolute atomic E-state index is 0. The molecule has 2 aliphatic rings. The quantitative estimate of drug-likeness (QED) is 0.744. The number of fused-ring (bicyclic) bond motifs is 1. The van der Waals surface area contributed by atoms with Gasteiger partial charge in [-0.1, -0.05) is 18.2 Å². The van der Waals surface area contributed by atoms with Crippen molar-refractivity contribution >= 4 is 39.7 Å². The number of carbonyl (C=O) groups is 1. The number of halogens is 1. The van der Waals surface area contributed by atoms with Crippen molar-refractivity contribution < 1.29 is 4.79 Å². The number of likely N-dealkylation sites (tertiary alicyclic amines) is 1. The number of benzene rings is 1.